The van der Waals surface area contributed by atoms with Crippen molar-refractivity contribution in [3.63, 3.8) is 0 Å². The van der Waals surface area contributed by atoms with Crippen molar-refractivity contribution >= 4 is 27.8 Å². The van der Waals surface area contributed by atoms with Crippen LogP contribution in [-0.4, -0.2) is 9.97 Å². The Morgan fingerprint density at radius 3 is 2.89 bits per heavy atom. The molecule has 0 radical (unpaired) electrons. The molecule has 2 heterocycles. The van der Waals surface area contributed by atoms with Crippen molar-refractivity contribution in [1.82, 2.24) is 9.97 Å². The molecule has 98 valence electrons. The van der Waals surface area contributed by atoms with E-state index in [1.165, 1.54) is 0 Å². The standard InChI is InChI=1S/C15H17N3O/c1-3-4-5-12-18-13-14(19-12)10-7-6-9(2)8-11(10)17-15(13)16/h6-8H,3-5H2,1-2H3,(H2,16,17). The third kappa shape index (κ3) is 2.03. The second-order valence-corrected chi connectivity index (χ2v) is 4.91. The highest BCUT2D eigenvalue weighted by atomic mass is 16.3. The Kier molecular flexibility index (Phi) is 2.85. The van der Waals surface area contributed by atoms with Gasteiger partial charge in [0.05, 0.1) is 5.52 Å². The number of anilines is 1. The molecule has 3 rings (SSSR count). The van der Waals surface area contributed by atoms with Crippen LogP contribution >= 0.6 is 0 Å². The molecule has 2 N–H and O–H groups in total. The van der Waals surface area contributed by atoms with Gasteiger partial charge in [-0.1, -0.05) is 19.4 Å². The first-order chi connectivity index (χ1) is 9.19. The summed E-state index contributed by atoms with van der Waals surface area (Å²) in [6, 6.07) is 6.08. The summed E-state index contributed by atoms with van der Waals surface area (Å²) in [6.45, 7) is 4.19. The molecule has 0 amide bonds. The van der Waals surface area contributed by atoms with Gasteiger partial charge in [-0.2, -0.15) is 0 Å². The minimum atomic E-state index is 0.444. The number of nitrogens with zero attached hydrogens (tertiary/aromatic N) is 2. The summed E-state index contributed by atoms with van der Waals surface area (Å²) in [5.74, 6) is 1.19. The second kappa shape index (κ2) is 4.53. The van der Waals surface area contributed by atoms with Crippen LogP contribution in [0.25, 0.3) is 22.0 Å². The van der Waals surface area contributed by atoms with Crippen molar-refractivity contribution in [2.45, 2.75) is 33.1 Å². The summed E-state index contributed by atoms with van der Waals surface area (Å²) in [7, 11) is 0. The van der Waals surface area contributed by atoms with E-state index in [-0.39, 0.29) is 0 Å². The zero-order chi connectivity index (χ0) is 13.4. The summed E-state index contributed by atoms with van der Waals surface area (Å²) < 4.78 is 5.87. The fourth-order valence-electron chi connectivity index (χ4n) is 2.26. The number of rotatable bonds is 3. The average molecular weight is 255 g/mol. The van der Waals surface area contributed by atoms with E-state index >= 15 is 0 Å². The molecule has 2 aromatic heterocycles. The minimum Gasteiger partial charge on any atom is -0.440 e. The Morgan fingerprint density at radius 2 is 2.11 bits per heavy atom. The van der Waals surface area contributed by atoms with Crippen LogP contribution in [0.4, 0.5) is 5.82 Å². The Balaban J connectivity index is 2.24. The molecular weight excluding hydrogens is 238 g/mol. The number of benzene rings is 1. The molecule has 4 nitrogen and oxygen atoms in total. The SMILES string of the molecule is CCCCc1nc2c(N)nc3cc(C)ccc3c2o1. The van der Waals surface area contributed by atoms with Crippen molar-refractivity contribution in [2.75, 3.05) is 5.73 Å². The highest BCUT2D eigenvalue weighted by molar-refractivity contribution is 6.04. The summed E-state index contributed by atoms with van der Waals surface area (Å²) in [4.78, 5) is 8.88. The van der Waals surface area contributed by atoms with Gasteiger partial charge in [-0.05, 0) is 31.0 Å². The van der Waals surface area contributed by atoms with Gasteiger partial charge in [0.1, 0.15) is 0 Å². The average Bonchev–Trinajstić information content (AvgIpc) is 2.81. The summed E-state index contributed by atoms with van der Waals surface area (Å²) in [6.07, 6.45) is 3.03. The number of aromatic nitrogens is 2. The lowest BCUT2D eigenvalue weighted by atomic mass is 10.1. The summed E-state index contributed by atoms with van der Waals surface area (Å²) in [5.41, 5.74) is 9.44. The smallest absolute Gasteiger partial charge is 0.195 e. The first-order valence-electron chi connectivity index (χ1n) is 6.64. The molecule has 0 aliphatic carbocycles. The van der Waals surface area contributed by atoms with Crippen LogP contribution in [0.15, 0.2) is 22.6 Å². The number of nitrogen functional groups attached to an aromatic ring is 1. The second-order valence-electron chi connectivity index (χ2n) is 4.91. The minimum absolute atomic E-state index is 0.444. The van der Waals surface area contributed by atoms with E-state index in [0.717, 1.165) is 47.2 Å². The molecule has 0 atom stereocenters. The van der Waals surface area contributed by atoms with Gasteiger partial charge in [0.2, 0.25) is 0 Å². The van der Waals surface area contributed by atoms with E-state index in [1.807, 2.05) is 25.1 Å². The maximum Gasteiger partial charge on any atom is 0.195 e. The Morgan fingerprint density at radius 1 is 1.26 bits per heavy atom. The van der Waals surface area contributed by atoms with Gasteiger partial charge in [0, 0.05) is 11.8 Å². The number of oxazole rings is 1. The third-order valence-corrected chi connectivity index (χ3v) is 3.30. The number of nitrogens with two attached hydrogens (primary N) is 1. The topological polar surface area (TPSA) is 64.9 Å². The van der Waals surface area contributed by atoms with Gasteiger partial charge in [-0.25, -0.2) is 9.97 Å². The van der Waals surface area contributed by atoms with Crippen LogP contribution < -0.4 is 5.73 Å². The number of pyridine rings is 1. The fraction of sp³-hybridized carbons (Fsp3) is 0.333. The highest BCUT2D eigenvalue weighted by Gasteiger charge is 2.13. The van der Waals surface area contributed by atoms with E-state index in [0.29, 0.717) is 11.3 Å². The molecule has 3 aromatic rings. The molecular formula is C15H17N3O. The molecule has 0 aliphatic heterocycles. The van der Waals surface area contributed by atoms with Crippen molar-refractivity contribution in [3.05, 3.63) is 29.7 Å². The van der Waals surface area contributed by atoms with Crippen molar-refractivity contribution in [1.29, 1.82) is 0 Å². The lowest BCUT2D eigenvalue weighted by molar-refractivity contribution is 0.519. The zero-order valence-electron chi connectivity index (χ0n) is 11.2. The van der Waals surface area contributed by atoms with Crippen LogP contribution in [0.1, 0.15) is 31.2 Å². The van der Waals surface area contributed by atoms with Gasteiger partial charge in [0.15, 0.2) is 22.8 Å². The van der Waals surface area contributed by atoms with E-state index in [2.05, 4.69) is 16.9 Å². The van der Waals surface area contributed by atoms with Crippen LogP contribution in [0.3, 0.4) is 0 Å². The Hall–Kier alpha value is -2.10. The summed E-state index contributed by atoms with van der Waals surface area (Å²) in [5, 5.41) is 0.977. The molecule has 0 saturated carbocycles. The summed E-state index contributed by atoms with van der Waals surface area (Å²) >= 11 is 0. The predicted octanol–water partition coefficient (Wildman–Crippen LogP) is 3.61. The van der Waals surface area contributed by atoms with Gasteiger partial charge >= 0.3 is 0 Å². The first-order valence-corrected chi connectivity index (χ1v) is 6.64. The van der Waals surface area contributed by atoms with Crippen LogP contribution in [0.2, 0.25) is 0 Å². The molecule has 4 heteroatoms. The Bertz CT molecular complexity index is 746. The maximum absolute atomic E-state index is 5.98. The number of fused-ring (bicyclic) bond motifs is 3. The number of hydrogen-bond donors (Lipinski definition) is 1. The third-order valence-electron chi connectivity index (χ3n) is 3.30. The Labute approximate surface area is 111 Å². The normalized spacial score (nSPS) is 11.5. The molecule has 0 unspecified atom stereocenters. The van der Waals surface area contributed by atoms with Gasteiger partial charge < -0.3 is 10.2 Å². The van der Waals surface area contributed by atoms with Gasteiger partial charge in [-0.15, -0.1) is 0 Å². The molecule has 0 aliphatic rings. The number of unbranched alkanes of at least 4 members (excludes halogenated alkanes) is 1. The van der Waals surface area contributed by atoms with E-state index in [1.54, 1.807) is 0 Å². The number of hydrogen-bond acceptors (Lipinski definition) is 4. The van der Waals surface area contributed by atoms with Crippen LogP contribution in [-0.2, 0) is 6.42 Å². The zero-order valence-corrected chi connectivity index (χ0v) is 11.2. The molecule has 19 heavy (non-hydrogen) atoms. The van der Waals surface area contributed by atoms with Crippen molar-refractivity contribution in [2.24, 2.45) is 0 Å². The lowest BCUT2D eigenvalue weighted by Crippen LogP contribution is -1.93. The largest absolute Gasteiger partial charge is 0.440 e. The van der Waals surface area contributed by atoms with Crippen LogP contribution in [0.5, 0.6) is 0 Å². The van der Waals surface area contributed by atoms with Crippen molar-refractivity contribution < 1.29 is 4.42 Å². The highest BCUT2D eigenvalue weighted by Crippen LogP contribution is 2.29. The molecule has 0 saturated heterocycles. The molecule has 0 fully saturated rings. The van der Waals surface area contributed by atoms with E-state index < -0.39 is 0 Å². The first kappa shape index (κ1) is 12.0. The predicted molar refractivity (Wildman–Crippen MR) is 77.1 cm³/mol. The lowest BCUT2D eigenvalue weighted by Gasteiger charge is -2.01. The van der Waals surface area contributed by atoms with Crippen LogP contribution in [0, 0.1) is 6.92 Å². The molecule has 1 aromatic carbocycles. The monoisotopic (exact) mass is 255 g/mol. The van der Waals surface area contributed by atoms with Gasteiger partial charge in [0.25, 0.3) is 0 Å². The maximum atomic E-state index is 5.98. The van der Waals surface area contributed by atoms with E-state index in [9.17, 15) is 0 Å². The quantitative estimate of drug-likeness (QED) is 0.776. The van der Waals surface area contributed by atoms with Crippen molar-refractivity contribution in [3.8, 4) is 0 Å². The molecule has 0 bridgehead atoms. The van der Waals surface area contributed by atoms with E-state index in [4.69, 9.17) is 10.2 Å². The number of aryl methyl sites for hydroxylation is 2. The molecule has 0 spiro atoms. The van der Waals surface area contributed by atoms with Gasteiger partial charge in [-0.3, -0.25) is 0 Å². The fourth-order valence-corrected chi connectivity index (χ4v) is 2.26.